The van der Waals surface area contributed by atoms with Gasteiger partial charge in [-0.1, -0.05) is 231 Å². The number of aromatic nitrogens is 4. The van der Waals surface area contributed by atoms with Crippen LogP contribution in [0.5, 0.6) is 0 Å². The summed E-state index contributed by atoms with van der Waals surface area (Å²) in [6.07, 6.45) is 0. The zero-order valence-electron chi connectivity index (χ0n) is 32.7. The molecular formula is C56H38N4. The molecule has 0 aliphatic rings. The van der Waals surface area contributed by atoms with Gasteiger partial charge in [-0.15, -0.1) is 0 Å². The summed E-state index contributed by atoms with van der Waals surface area (Å²) < 4.78 is 0. The summed E-state index contributed by atoms with van der Waals surface area (Å²) in [6, 6.07) is 79.2. The third-order valence-electron chi connectivity index (χ3n) is 10.7. The number of nitrogens with zero attached hydrogens (tertiary/aromatic N) is 4. The van der Waals surface area contributed by atoms with Gasteiger partial charge in [-0.05, 0) is 22.3 Å². The molecule has 8 aromatic carbocycles. The fourth-order valence-corrected chi connectivity index (χ4v) is 7.88. The summed E-state index contributed by atoms with van der Waals surface area (Å²) in [5.74, 6) is 0. The Kier molecular flexibility index (Phi) is 9.92. The lowest BCUT2D eigenvalue weighted by atomic mass is 9.92. The maximum absolute atomic E-state index is 5.76. The molecule has 0 N–H and O–H groups in total. The molecule has 10 aromatic rings. The van der Waals surface area contributed by atoms with E-state index in [-0.39, 0.29) is 0 Å². The Morgan fingerprint density at radius 2 is 0.350 bits per heavy atom. The van der Waals surface area contributed by atoms with E-state index >= 15 is 0 Å². The van der Waals surface area contributed by atoms with Crippen LogP contribution in [0.1, 0.15) is 0 Å². The zero-order valence-corrected chi connectivity index (χ0v) is 32.7. The van der Waals surface area contributed by atoms with E-state index in [9.17, 15) is 0 Å². The minimum absolute atomic E-state index is 0.638. The molecule has 282 valence electrons. The van der Waals surface area contributed by atoms with E-state index in [1.807, 2.05) is 60.7 Å². The minimum atomic E-state index is 0.638. The molecule has 0 spiro atoms. The first-order valence-corrected chi connectivity index (χ1v) is 20.2. The van der Waals surface area contributed by atoms with Gasteiger partial charge in [0.1, 0.15) is 11.4 Å². The van der Waals surface area contributed by atoms with E-state index in [1.54, 1.807) is 0 Å². The lowest BCUT2D eigenvalue weighted by Gasteiger charge is -2.21. The molecule has 2 heterocycles. The summed E-state index contributed by atoms with van der Waals surface area (Å²) in [6.45, 7) is 0. The van der Waals surface area contributed by atoms with Crippen molar-refractivity contribution in [3.05, 3.63) is 231 Å². The Morgan fingerprint density at radius 3 is 0.617 bits per heavy atom. The molecule has 60 heavy (non-hydrogen) atoms. The van der Waals surface area contributed by atoms with Crippen LogP contribution in [0.4, 0.5) is 0 Å². The topological polar surface area (TPSA) is 51.6 Å². The molecule has 0 bridgehead atoms. The van der Waals surface area contributed by atoms with E-state index < -0.39 is 0 Å². The van der Waals surface area contributed by atoms with E-state index in [4.69, 9.17) is 19.9 Å². The molecule has 0 saturated carbocycles. The number of rotatable bonds is 9. The largest absolute Gasteiger partial charge is 0.243 e. The van der Waals surface area contributed by atoms with Gasteiger partial charge >= 0.3 is 0 Å². The fraction of sp³-hybridized carbons (Fsp3) is 0. The lowest BCUT2D eigenvalue weighted by Crippen LogP contribution is -2.07. The van der Waals surface area contributed by atoms with Crippen molar-refractivity contribution in [2.75, 3.05) is 0 Å². The molecule has 10 rings (SSSR count). The van der Waals surface area contributed by atoms with E-state index in [1.165, 1.54) is 0 Å². The first kappa shape index (κ1) is 36.3. The molecule has 0 unspecified atom stereocenters. The first-order valence-electron chi connectivity index (χ1n) is 20.2. The van der Waals surface area contributed by atoms with Gasteiger partial charge in [0.05, 0.1) is 34.2 Å². The molecule has 0 fully saturated rings. The maximum Gasteiger partial charge on any atom is 0.118 e. The van der Waals surface area contributed by atoms with Crippen LogP contribution in [0, 0.1) is 0 Å². The van der Waals surface area contributed by atoms with Crippen LogP contribution >= 0.6 is 0 Å². The lowest BCUT2D eigenvalue weighted by molar-refractivity contribution is 1.16. The molecule has 0 atom stereocenters. The van der Waals surface area contributed by atoms with Gasteiger partial charge in [-0.3, -0.25) is 0 Å². The molecule has 0 aliphatic heterocycles. The van der Waals surface area contributed by atoms with Gasteiger partial charge in [0.15, 0.2) is 0 Å². The van der Waals surface area contributed by atoms with Gasteiger partial charge < -0.3 is 0 Å². The predicted octanol–water partition coefficient (Wildman–Crippen LogP) is 14.3. The van der Waals surface area contributed by atoms with Crippen LogP contribution in [0.15, 0.2) is 231 Å². The van der Waals surface area contributed by atoms with Crippen LogP contribution in [-0.4, -0.2) is 19.9 Å². The molecule has 0 aliphatic carbocycles. The normalized spacial score (nSPS) is 11.0. The second kappa shape index (κ2) is 16.4. The Balaban J connectivity index is 1.38. The average molecular weight is 767 g/mol. The highest BCUT2D eigenvalue weighted by Gasteiger charge is 2.28. The zero-order chi connectivity index (χ0) is 40.1. The van der Waals surface area contributed by atoms with Crippen LogP contribution < -0.4 is 0 Å². The first-order chi connectivity index (χ1) is 29.8. The Morgan fingerprint density at radius 1 is 0.150 bits per heavy atom. The smallest absolute Gasteiger partial charge is 0.118 e. The monoisotopic (exact) mass is 766 g/mol. The van der Waals surface area contributed by atoms with Crippen molar-refractivity contribution in [1.82, 2.24) is 19.9 Å². The van der Waals surface area contributed by atoms with Crippen molar-refractivity contribution in [3.8, 4) is 101 Å². The number of hydrogen-bond donors (Lipinski definition) is 0. The second-order valence-electron chi connectivity index (χ2n) is 14.5. The van der Waals surface area contributed by atoms with Crippen LogP contribution in [-0.2, 0) is 0 Å². The molecular weight excluding hydrogens is 729 g/mol. The summed E-state index contributed by atoms with van der Waals surface area (Å²) in [7, 11) is 0. The van der Waals surface area contributed by atoms with Gasteiger partial charge in [0, 0.05) is 33.4 Å². The summed E-state index contributed by atoms with van der Waals surface area (Å²) in [5.41, 5.74) is 15.8. The Hall–Kier alpha value is -8.08. The Bertz CT molecular complexity index is 2830. The summed E-state index contributed by atoms with van der Waals surface area (Å²) in [4.78, 5) is 23.0. The standard InChI is InChI=1S/C56H38N4/c1-7-23-39(24-8-1)45-35-19-21-37-47(45)53-55(59-51(43-31-15-5-16-32-43)49(57-53)41-27-11-3-12-28-41)56-54(48-38-22-20-36-46(48)40-25-9-2-10-26-40)58-50(42-29-13-4-14-30-42)52(60-56)44-33-17-6-18-34-44/h1-38H. The molecule has 0 saturated heterocycles. The fourth-order valence-electron chi connectivity index (χ4n) is 7.88. The minimum Gasteiger partial charge on any atom is -0.243 e. The van der Waals surface area contributed by atoms with Crippen LogP contribution in [0.2, 0.25) is 0 Å². The molecule has 4 heteroatoms. The van der Waals surface area contributed by atoms with E-state index in [0.717, 1.165) is 78.4 Å². The third kappa shape index (κ3) is 7.08. The number of benzene rings is 8. The van der Waals surface area contributed by atoms with Crippen LogP contribution in [0.3, 0.4) is 0 Å². The van der Waals surface area contributed by atoms with Gasteiger partial charge in [-0.25, -0.2) is 19.9 Å². The highest BCUT2D eigenvalue weighted by atomic mass is 14.9. The molecule has 0 amide bonds. The third-order valence-corrected chi connectivity index (χ3v) is 10.7. The highest BCUT2D eigenvalue weighted by molar-refractivity contribution is 5.97. The van der Waals surface area contributed by atoms with E-state index in [2.05, 4.69) is 170 Å². The van der Waals surface area contributed by atoms with Crippen molar-refractivity contribution in [2.24, 2.45) is 0 Å². The summed E-state index contributed by atoms with van der Waals surface area (Å²) >= 11 is 0. The highest BCUT2D eigenvalue weighted by Crippen LogP contribution is 2.45. The van der Waals surface area contributed by atoms with Gasteiger partial charge in [0.25, 0.3) is 0 Å². The molecule has 2 aromatic heterocycles. The quantitative estimate of drug-likeness (QED) is 0.147. The average Bonchev–Trinajstić information content (AvgIpc) is 3.35. The maximum atomic E-state index is 5.76. The van der Waals surface area contributed by atoms with Gasteiger partial charge in [0.2, 0.25) is 0 Å². The van der Waals surface area contributed by atoms with Crippen LogP contribution in [0.25, 0.3) is 101 Å². The van der Waals surface area contributed by atoms with Gasteiger partial charge in [-0.2, -0.15) is 0 Å². The van der Waals surface area contributed by atoms with Crippen molar-refractivity contribution < 1.29 is 0 Å². The Labute approximate surface area is 350 Å². The summed E-state index contributed by atoms with van der Waals surface area (Å²) in [5, 5.41) is 0. The van der Waals surface area contributed by atoms with Crippen molar-refractivity contribution >= 4 is 0 Å². The molecule has 0 radical (unpaired) electrons. The predicted molar refractivity (Wildman–Crippen MR) is 247 cm³/mol. The molecule has 4 nitrogen and oxygen atoms in total. The van der Waals surface area contributed by atoms with E-state index in [0.29, 0.717) is 22.8 Å². The van der Waals surface area contributed by atoms with Crippen molar-refractivity contribution in [2.45, 2.75) is 0 Å². The number of hydrogen-bond acceptors (Lipinski definition) is 4. The second-order valence-corrected chi connectivity index (χ2v) is 14.5. The SMILES string of the molecule is c1ccc(-c2ccccc2-c2nc(-c3ccccc3)c(-c3ccccc3)nc2-c2nc(-c3ccccc3)c(-c3ccccc3)nc2-c2ccccc2-c2ccccc2)cc1. The van der Waals surface area contributed by atoms with Crippen molar-refractivity contribution in [3.63, 3.8) is 0 Å². The van der Waals surface area contributed by atoms with Crippen molar-refractivity contribution in [1.29, 1.82) is 0 Å².